The van der Waals surface area contributed by atoms with Crippen molar-refractivity contribution >= 4 is 34.7 Å². The van der Waals surface area contributed by atoms with Crippen molar-refractivity contribution in [1.82, 2.24) is 0 Å². The van der Waals surface area contributed by atoms with Crippen molar-refractivity contribution in [3.8, 4) is 0 Å². The number of rotatable bonds is 3. The van der Waals surface area contributed by atoms with Crippen LogP contribution in [0.5, 0.6) is 0 Å². The molecule has 2 nitrogen and oxygen atoms in total. The molecule has 0 atom stereocenters. The molecule has 4 rings (SSSR count). The zero-order chi connectivity index (χ0) is 24.3. The van der Waals surface area contributed by atoms with E-state index in [9.17, 15) is 0 Å². The van der Waals surface area contributed by atoms with E-state index >= 15 is 0 Å². The predicted octanol–water partition coefficient (Wildman–Crippen LogP) is 4.87. The summed E-state index contributed by atoms with van der Waals surface area (Å²) in [5.41, 5.74) is 4.42. The lowest BCUT2D eigenvalue weighted by Crippen LogP contribution is -2.55. The molecule has 0 aliphatic carbocycles. The molecule has 1 aliphatic rings. The molecule has 1 aromatic heterocycles. The van der Waals surface area contributed by atoms with Crippen LogP contribution in [0.15, 0.2) is 54.6 Å². The molecule has 0 unspecified atom stereocenters. The van der Waals surface area contributed by atoms with Gasteiger partial charge in [0.05, 0.1) is 12.7 Å². The number of para-hydroxylation sites is 1. The van der Waals surface area contributed by atoms with E-state index in [2.05, 4.69) is 87.3 Å². The van der Waals surface area contributed by atoms with E-state index < -0.39 is 6.37 Å². The molecule has 1 aliphatic heterocycles. The van der Waals surface area contributed by atoms with Crippen LogP contribution in [-0.2, 0) is 13.4 Å². The summed E-state index contributed by atoms with van der Waals surface area (Å²) >= 11 is 0. The van der Waals surface area contributed by atoms with Crippen LogP contribution < -0.4 is 19.8 Å². The van der Waals surface area contributed by atoms with Crippen LogP contribution in [-0.4, -0.2) is 6.85 Å². The first kappa shape index (κ1) is 19.2. The number of pyridine rings is 1. The van der Waals surface area contributed by atoms with Crippen LogP contribution >= 0.6 is 0 Å². The van der Waals surface area contributed by atoms with E-state index in [4.69, 9.17) is 2.74 Å². The minimum Gasteiger partial charge on any atom is -0.290 e. The third-order valence-corrected chi connectivity index (χ3v) is 6.45. The maximum absolute atomic E-state index is 8.97. The highest BCUT2D eigenvalue weighted by Gasteiger charge is 2.42. The van der Waals surface area contributed by atoms with Gasteiger partial charge in [0, 0.05) is 19.4 Å². The maximum Gasteiger partial charge on any atom is 0.406 e. The SMILES string of the molecule is [2H]C([2H])(c1cc(N2B(C)C(C(C)(C)C)=c3ccccc3=C2C)[n+](C)c2ccccc12)C(C)C. The van der Waals surface area contributed by atoms with Crippen molar-refractivity contribution in [1.29, 1.82) is 0 Å². The van der Waals surface area contributed by atoms with Gasteiger partial charge in [0.15, 0.2) is 0 Å². The summed E-state index contributed by atoms with van der Waals surface area (Å²) < 4.78 is 20.2. The van der Waals surface area contributed by atoms with Crippen LogP contribution in [0.1, 0.15) is 49.8 Å². The highest BCUT2D eigenvalue weighted by molar-refractivity contribution is 6.81. The van der Waals surface area contributed by atoms with Crippen LogP contribution in [0.2, 0.25) is 6.82 Å². The smallest absolute Gasteiger partial charge is 0.290 e. The Morgan fingerprint density at radius 2 is 1.65 bits per heavy atom. The van der Waals surface area contributed by atoms with Gasteiger partial charge in [0.2, 0.25) is 0 Å². The Kier molecular flexibility index (Phi) is 4.86. The van der Waals surface area contributed by atoms with Crippen molar-refractivity contribution in [2.45, 2.75) is 54.7 Å². The molecule has 0 spiro atoms. The highest BCUT2D eigenvalue weighted by Crippen LogP contribution is 2.34. The topological polar surface area (TPSA) is 7.12 Å². The maximum atomic E-state index is 8.97. The lowest BCUT2D eigenvalue weighted by Gasteiger charge is -2.34. The molecule has 3 heteroatoms. The van der Waals surface area contributed by atoms with Crippen molar-refractivity contribution in [3.63, 3.8) is 0 Å². The summed E-state index contributed by atoms with van der Waals surface area (Å²) in [4.78, 5) is 2.41. The van der Waals surface area contributed by atoms with Crippen molar-refractivity contribution in [2.24, 2.45) is 18.4 Å². The van der Waals surface area contributed by atoms with Crippen LogP contribution in [0.4, 0.5) is 5.82 Å². The van der Waals surface area contributed by atoms with Gasteiger partial charge in [-0.3, -0.25) is 4.81 Å². The van der Waals surface area contributed by atoms with Crippen molar-refractivity contribution in [3.05, 3.63) is 70.6 Å². The fraction of sp³-hybridized carbons (Fsp3) is 0.393. The molecule has 160 valence electrons. The van der Waals surface area contributed by atoms with E-state index in [-0.39, 0.29) is 18.2 Å². The molecule has 2 aromatic carbocycles. The van der Waals surface area contributed by atoms with E-state index in [1.54, 1.807) is 0 Å². The normalized spacial score (nSPS) is 16.0. The molecule has 3 aromatic rings. The molecule has 0 saturated heterocycles. The minimum atomic E-state index is -1.44. The van der Waals surface area contributed by atoms with Gasteiger partial charge < -0.3 is 0 Å². The molecule has 2 heterocycles. The second-order valence-electron chi connectivity index (χ2n) is 10.1. The molecule has 0 N–H and O–H groups in total. The van der Waals surface area contributed by atoms with Crippen molar-refractivity contribution in [2.75, 3.05) is 4.81 Å². The van der Waals surface area contributed by atoms with Crippen LogP contribution in [0.3, 0.4) is 0 Å². The molecule has 0 amide bonds. The number of aryl methyl sites for hydroxylation is 1. The average molecular weight is 413 g/mol. The van der Waals surface area contributed by atoms with E-state index in [1.807, 2.05) is 32.0 Å². The van der Waals surface area contributed by atoms with Crippen LogP contribution in [0.25, 0.3) is 22.1 Å². The summed E-state index contributed by atoms with van der Waals surface area (Å²) in [5.74, 6) is 0.886. The molecule has 0 saturated carbocycles. The Morgan fingerprint density at radius 1 is 1.03 bits per heavy atom. The zero-order valence-corrected chi connectivity index (χ0v) is 20.2. The van der Waals surface area contributed by atoms with Gasteiger partial charge >= 0.3 is 6.85 Å². The number of hydrogen-bond acceptors (Lipinski definition) is 1. The third-order valence-electron chi connectivity index (χ3n) is 6.45. The quantitative estimate of drug-likeness (QED) is 0.439. The van der Waals surface area contributed by atoms with Gasteiger partial charge in [-0.1, -0.05) is 77.1 Å². The fourth-order valence-electron chi connectivity index (χ4n) is 5.29. The number of aromatic nitrogens is 1. The molecule has 31 heavy (non-hydrogen) atoms. The largest absolute Gasteiger partial charge is 0.406 e. The van der Waals surface area contributed by atoms with Gasteiger partial charge in [-0.25, -0.2) is 4.57 Å². The Morgan fingerprint density at radius 3 is 2.29 bits per heavy atom. The second-order valence-corrected chi connectivity index (χ2v) is 10.1. The highest BCUT2D eigenvalue weighted by atomic mass is 15.2. The van der Waals surface area contributed by atoms with Crippen molar-refractivity contribution < 1.29 is 7.31 Å². The lowest BCUT2D eigenvalue weighted by atomic mass is 9.47. The minimum absolute atomic E-state index is 0.000738. The number of benzene rings is 2. The lowest BCUT2D eigenvalue weighted by molar-refractivity contribution is -0.631. The molecular weight excluding hydrogens is 375 g/mol. The standard InChI is InChI=1S/C28H36BN2/c1-19(2)17-21-18-26(30(8)25-16-12-11-14-23(21)25)31-20(3)22-13-9-10-15-24(22)27(29(31)7)28(4,5)6/h9-16,18-19H,17H2,1-8H3/q+1/i17D2. The zero-order valence-electron chi connectivity index (χ0n) is 22.2. The summed E-state index contributed by atoms with van der Waals surface area (Å²) in [7, 11) is 2.10. The average Bonchev–Trinajstić information content (AvgIpc) is 2.74. The fourth-order valence-corrected chi connectivity index (χ4v) is 5.29. The number of fused-ring (bicyclic) bond motifs is 2. The van der Waals surface area contributed by atoms with Gasteiger partial charge in [0.25, 0.3) is 5.82 Å². The van der Waals surface area contributed by atoms with Gasteiger partial charge in [-0.2, -0.15) is 0 Å². The van der Waals surface area contributed by atoms with Gasteiger partial charge in [-0.15, -0.1) is 0 Å². The van der Waals surface area contributed by atoms with Gasteiger partial charge in [0.1, 0.15) is 5.52 Å². The Hall–Kier alpha value is -2.55. The molecule has 0 radical (unpaired) electrons. The monoisotopic (exact) mass is 413 g/mol. The predicted molar refractivity (Wildman–Crippen MR) is 135 cm³/mol. The number of nitrogens with zero attached hydrogens (tertiary/aromatic N) is 2. The Bertz CT molecular complexity index is 1350. The number of anilines is 1. The first-order chi connectivity index (χ1) is 15.4. The van der Waals surface area contributed by atoms with Crippen LogP contribution in [0, 0.1) is 11.3 Å². The summed E-state index contributed by atoms with van der Waals surface area (Å²) in [6, 6.07) is 19.0. The van der Waals surface area contributed by atoms with E-state index in [1.165, 1.54) is 21.6 Å². The summed E-state index contributed by atoms with van der Waals surface area (Å²) in [5, 5.41) is 3.56. The Balaban J connectivity index is 2.11. The summed E-state index contributed by atoms with van der Waals surface area (Å²) in [6.07, 6.45) is -1.44. The second kappa shape index (κ2) is 7.86. The van der Waals surface area contributed by atoms with E-state index in [0.29, 0.717) is 0 Å². The molecule has 0 bridgehead atoms. The molecule has 0 fully saturated rings. The van der Waals surface area contributed by atoms with E-state index in [0.717, 1.165) is 22.3 Å². The Labute approximate surface area is 190 Å². The number of hydrogen-bond donors (Lipinski definition) is 0. The molecular formula is C28H36BN2+. The first-order valence-electron chi connectivity index (χ1n) is 12.4. The summed E-state index contributed by atoms with van der Waals surface area (Å²) in [6.45, 7) is 15.4. The van der Waals surface area contributed by atoms with Gasteiger partial charge in [-0.05, 0) is 53.8 Å². The first-order valence-corrected chi connectivity index (χ1v) is 11.4. The third kappa shape index (κ3) is 3.69.